The smallest absolute Gasteiger partial charge is 0.173 e. The number of nitrogens with two attached hydrogens (primary N) is 1. The van der Waals surface area contributed by atoms with Crippen LogP contribution in [0, 0.1) is 0 Å². The number of rotatable bonds is 2. The molecule has 0 amide bonds. The summed E-state index contributed by atoms with van der Waals surface area (Å²) in [6.07, 6.45) is 8.27. The van der Waals surface area contributed by atoms with Gasteiger partial charge in [0, 0.05) is 0 Å². The molecule has 0 bridgehead atoms. The Morgan fingerprint density at radius 2 is 2.36 bits per heavy atom. The normalized spacial score (nSPS) is 35.3. The predicted molar refractivity (Wildman–Crippen MR) is 44.5 cm³/mol. The van der Waals surface area contributed by atoms with Gasteiger partial charge in [-0.1, -0.05) is 24.8 Å². The molecule has 0 saturated carbocycles. The minimum absolute atomic E-state index is 0.425. The van der Waals surface area contributed by atoms with Gasteiger partial charge in [-0.15, -0.1) is 0 Å². The van der Waals surface area contributed by atoms with Gasteiger partial charge in [-0.3, -0.25) is 0 Å². The third-order valence-corrected chi connectivity index (χ3v) is 1.62. The zero-order valence-corrected chi connectivity index (χ0v) is 6.20. The summed E-state index contributed by atoms with van der Waals surface area (Å²) in [4.78, 5) is 0. The summed E-state index contributed by atoms with van der Waals surface area (Å²) >= 11 is 0. The molecule has 1 aliphatic carbocycles. The van der Waals surface area contributed by atoms with Crippen LogP contribution in [0.5, 0.6) is 0 Å². The zero-order chi connectivity index (χ0) is 8.32. The molecule has 1 aliphatic rings. The van der Waals surface area contributed by atoms with E-state index in [9.17, 15) is 5.11 Å². The quantitative estimate of drug-likeness (QED) is 0.483. The maximum atomic E-state index is 9.69. The SMILES string of the molecule is C=CN[C@@]1(O)C=CC=C[C@H]1N. The molecule has 0 aliphatic heterocycles. The van der Waals surface area contributed by atoms with Crippen molar-refractivity contribution < 1.29 is 5.11 Å². The van der Waals surface area contributed by atoms with Gasteiger partial charge < -0.3 is 16.2 Å². The van der Waals surface area contributed by atoms with E-state index >= 15 is 0 Å². The van der Waals surface area contributed by atoms with E-state index in [2.05, 4.69) is 11.9 Å². The lowest BCUT2D eigenvalue weighted by atomic mass is 10.00. The molecule has 1 rings (SSSR count). The Labute approximate surface area is 65.9 Å². The van der Waals surface area contributed by atoms with Gasteiger partial charge in [0.25, 0.3) is 0 Å². The number of hydrogen-bond donors (Lipinski definition) is 3. The Bertz CT molecular complexity index is 210. The number of aliphatic hydroxyl groups is 1. The molecule has 4 N–H and O–H groups in total. The summed E-state index contributed by atoms with van der Waals surface area (Å²) in [5.41, 5.74) is 4.43. The summed E-state index contributed by atoms with van der Waals surface area (Å²) in [6.45, 7) is 3.45. The van der Waals surface area contributed by atoms with Crippen LogP contribution in [0.1, 0.15) is 0 Å². The Hall–Kier alpha value is -1.06. The second-order valence-electron chi connectivity index (χ2n) is 2.44. The van der Waals surface area contributed by atoms with E-state index < -0.39 is 11.8 Å². The first-order chi connectivity index (χ1) is 5.19. The molecule has 3 heteroatoms. The maximum absolute atomic E-state index is 9.69. The first kappa shape index (κ1) is 8.04. The fourth-order valence-corrected chi connectivity index (χ4v) is 0.952. The zero-order valence-electron chi connectivity index (χ0n) is 6.20. The Morgan fingerprint density at radius 1 is 1.64 bits per heavy atom. The van der Waals surface area contributed by atoms with Gasteiger partial charge in [0.2, 0.25) is 0 Å². The van der Waals surface area contributed by atoms with Gasteiger partial charge in [0.1, 0.15) is 0 Å². The van der Waals surface area contributed by atoms with Crippen LogP contribution < -0.4 is 11.1 Å². The van der Waals surface area contributed by atoms with Crippen LogP contribution in [-0.4, -0.2) is 16.9 Å². The Kier molecular flexibility index (Phi) is 2.12. The highest BCUT2D eigenvalue weighted by atomic mass is 16.3. The van der Waals surface area contributed by atoms with E-state index in [1.807, 2.05) is 0 Å². The maximum Gasteiger partial charge on any atom is 0.173 e. The highest BCUT2D eigenvalue weighted by Crippen LogP contribution is 2.12. The minimum Gasteiger partial charge on any atom is -0.366 e. The van der Waals surface area contributed by atoms with Crippen molar-refractivity contribution >= 4 is 0 Å². The molecule has 11 heavy (non-hydrogen) atoms. The molecule has 3 nitrogen and oxygen atoms in total. The van der Waals surface area contributed by atoms with Crippen molar-refractivity contribution in [3.8, 4) is 0 Å². The molecule has 0 aromatic carbocycles. The molecule has 0 aromatic rings. The highest BCUT2D eigenvalue weighted by Gasteiger charge is 2.29. The van der Waals surface area contributed by atoms with Crippen molar-refractivity contribution in [1.82, 2.24) is 5.32 Å². The summed E-state index contributed by atoms with van der Waals surface area (Å²) in [5.74, 6) is 0. The predicted octanol–water partition coefficient (Wildman–Crippen LogP) is -0.139. The third kappa shape index (κ3) is 1.50. The second-order valence-corrected chi connectivity index (χ2v) is 2.44. The van der Waals surface area contributed by atoms with Gasteiger partial charge in [-0.2, -0.15) is 0 Å². The van der Waals surface area contributed by atoms with Crippen molar-refractivity contribution in [2.75, 3.05) is 0 Å². The van der Waals surface area contributed by atoms with Crippen LogP contribution in [0.4, 0.5) is 0 Å². The fourth-order valence-electron chi connectivity index (χ4n) is 0.952. The molecule has 60 valence electrons. The average Bonchev–Trinajstić information content (AvgIpc) is 1.96. The van der Waals surface area contributed by atoms with Crippen LogP contribution in [0.25, 0.3) is 0 Å². The first-order valence-corrected chi connectivity index (χ1v) is 3.41. The molecular weight excluding hydrogens is 140 g/mol. The Morgan fingerprint density at radius 3 is 2.91 bits per heavy atom. The van der Waals surface area contributed by atoms with Crippen LogP contribution in [0.2, 0.25) is 0 Å². The third-order valence-electron chi connectivity index (χ3n) is 1.62. The summed E-state index contributed by atoms with van der Waals surface area (Å²) < 4.78 is 0. The van der Waals surface area contributed by atoms with Crippen molar-refractivity contribution in [2.45, 2.75) is 11.8 Å². The molecule has 0 aromatic heterocycles. The fraction of sp³-hybridized carbons (Fsp3) is 0.250. The lowest BCUT2D eigenvalue weighted by Gasteiger charge is -2.30. The van der Waals surface area contributed by atoms with E-state index in [1.165, 1.54) is 6.20 Å². The van der Waals surface area contributed by atoms with E-state index in [0.29, 0.717) is 0 Å². The van der Waals surface area contributed by atoms with E-state index in [1.54, 1.807) is 24.3 Å². The van der Waals surface area contributed by atoms with Crippen molar-refractivity contribution in [2.24, 2.45) is 5.73 Å². The average molecular weight is 152 g/mol. The molecule has 0 saturated heterocycles. The van der Waals surface area contributed by atoms with Crippen molar-refractivity contribution in [1.29, 1.82) is 0 Å². The number of allylic oxidation sites excluding steroid dienone is 2. The minimum atomic E-state index is -1.17. The van der Waals surface area contributed by atoms with Crippen molar-refractivity contribution in [3.05, 3.63) is 37.1 Å². The summed E-state index contributed by atoms with van der Waals surface area (Å²) in [6, 6.07) is -0.425. The van der Waals surface area contributed by atoms with Crippen LogP contribution >= 0.6 is 0 Å². The largest absolute Gasteiger partial charge is 0.366 e. The van der Waals surface area contributed by atoms with E-state index in [0.717, 1.165) is 0 Å². The van der Waals surface area contributed by atoms with Gasteiger partial charge in [-0.05, 0) is 12.3 Å². The molecule has 0 fully saturated rings. The van der Waals surface area contributed by atoms with E-state index in [4.69, 9.17) is 5.73 Å². The van der Waals surface area contributed by atoms with Crippen LogP contribution in [0.15, 0.2) is 37.1 Å². The summed E-state index contributed by atoms with van der Waals surface area (Å²) in [5, 5.41) is 12.4. The van der Waals surface area contributed by atoms with Gasteiger partial charge in [0.05, 0.1) is 6.04 Å². The highest BCUT2D eigenvalue weighted by molar-refractivity contribution is 5.23. The lowest BCUT2D eigenvalue weighted by molar-refractivity contribution is 0.0550. The summed E-state index contributed by atoms with van der Waals surface area (Å²) in [7, 11) is 0. The molecule has 0 spiro atoms. The molecular formula is C8H12N2O. The first-order valence-electron chi connectivity index (χ1n) is 3.41. The number of hydrogen-bond acceptors (Lipinski definition) is 3. The number of nitrogens with one attached hydrogen (secondary N) is 1. The molecule has 2 atom stereocenters. The monoisotopic (exact) mass is 152 g/mol. The second kappa shape index (κ2) is 2.90. The van der Waals surface area contributed by atoms with Crippen molar-refractivity contribution in [3.63, 3.8) is 0 Å². The van der Waals surface area contributed by atoms with Gasteiger partial charge in [-0.25, -0.2) is 0 Å². The van der Waals surface area contributed by atoms with Gasteiger partial charge in [0.15, 0.2) is 5.72 Å². The molecule has 0 heterocycles. The topological polar surface area (TPSA) is 58.3 Å². The van der Waals surface area contributed by atoms with Crippen LogP contribution in [-0.2, 0) is 0 Å². The Balaban J connectivity index is 2.76. The lowest BCUT2D eigenvalue weighted by Crippen LogP contribution is -2.54. The van der Waals surface area contributed by atoms with Crippen LogP contribution in [0.3, 0.4) is 0 Å². The molecule has 0 radical (unpaired) electrons. The van der Waals surface area contributed by atoms with E-state index in [-0.39, 0.29) is 0 Å². The van der Waals surface area contributed by atoms with Gasteiger partial charge >= 0.3 is 0 Å². The standard InChI is InChI=1S/C8H12N2O/c1-2-10-8(11)6-4-3-5-7(8)9/h2-7,10-11H,1,9H2/t7-,8-/m1/s1. The molecule has 0 unspecified atom stereocenters.